The predicted octanol–water partition coefficient (Wildman–Crippen LogP) is 2.31. The van der Waals surface area contributed by atoms with E-state index >= 15 is 0 Å². The van der Waals surface area contributed by atoms with Crippen LogP contribution in [0.5, 0.6) is 0 Å². The van der Waals surface area contributed by atoms with Crippen LogP contribution in [0.25, 0.3) is 0 Å². The molecule has 2 rings (SSSR count). The Bertz CT molecular complexity index is 913. The minimum Gasteiger partial charge on any atom is -0.456 e. The molecule has 1 heterocycles. The number of nitrogens with zero attached hydrogens (tertiary/aromatic N) is 1. The zero-order valence-corrected chi connectivity index (χ0v) is 16.1. The van der Waals surface area contributed by atoms with Gasteiger partial charge in [0.1, 0.15) is 5.82 Å². The molecule has 142 valence electrons. The SMILES string of the molecule is CCS(=O)(=O)N(C)C1=C(OC(C)=O)C(=O)C(C)(c2cc(F)ccc2Cl)O1. The summed E-state index contributed by atoms with van der Waals surface area (Å²) in [6.07, 6.45) is 0. The molecular formula is C16H17ClFNO6S. The van der Waals surface area contributed by atoms with Gasteiger partial charge in [-0.3, -0.25) is 9.59 Å². The van der Waals surface area contributed by atoms with Gasteiger partial charge in [0.2, 0.25) is 21.4 Å². The molecule has 0 aromatic heterocycles. The average molecular weight is 406 g/mol. The van der Waals surface area contributed by atoms with Gasteiger partial charge in [-0.25, -0.2) is 17.1 Å². The van der Waals surface area contributed by atoms with Crippen molar-refractivity contribution in [1.29, 1.82) is 0 Å². The van der Waals surface area contributed by atoms with E-state index in [1.807, 2.05) is 0 Å². The number of benzene rings is 1. The largest absolute Gasteiger partial charge is 0.456 e. The number of sulfonamides is 1. The number of rotatable bonds is 5. The first-order chi connectivity index (χ1) is 11.9. The van der Waals surface area contributed by atoms with Gasteiger partial charge in [0, 0.05) is 24.6 Å². The van der Waals surface area contributed by atoms with Crippen molar-refractivity contribution in [3.63, 3.8) is 0 Å². The first-order valence-electron chi connectivity index (χ1n) is 7.52. The van der Waals surface area contributed by atoms with Crippen LogP contribution in [0, 0.1) is 5.82 Å². The maximum absolute atomic E-state index is 13.7. The standard InChI is InChI=1S/C16H17ClFNO6S/c1-5-26(22,23)19(4)15-13(24-9(2)20)14(21)16(3,25-15)11-8-10(18)6-7-12(11)17/h6-8H,5H2,1-4H3. The van der Waals surface area contributed by atoms with Gasteiger partial charge in [-0.15, -0.1) is 0 Å². The third-order valence-corrected chi connectivity index (χ3v) is 5.95. The zero-order valence-electron chi connectivity index (χ0n) is 14.5. The predicted molar refractivity (Wildman–Crippen MR) is 90.9 cm³/mol. The van der Waals surface area contributed by atoms with E-state index in [1.165, 1.54) is 19.9 Å². The molecule has 1 aliphatic rings. The van der Waals surface area contributed by atoms with Crippen molar-refractivity contribution in [1.82, 2.24) is 4.31 Å². The van der Waals surface area contributed by atoms with Crippen molar-refractivity contribution in [3.05, 3.63) is 46.2 Å². The summed E-state index contributed by atoms with van der Waals surface area (Å²) in [4.78, 5) is 24.3. The van der Waals surface area contributed by atoms with Gasteiger partial charge in [-0.2, -0.15) is 0 Å². The number of esters is 1. The summed E-state index contributed by atoms with van der Waals surface area (Å²) in [5.74, 6) is -3.69. The van der Waals surface area contributed by atoms with Gasteiger partial charge >= 0.3 is 5.97 Å². The quantitative estimate of drug-likeness (QED) is 0.698. The first kappa shape index (κ1) is 20.2. The van der Waals surface area contributed by atoms with Crippen LogP contribution in [0.2, 0.25) is 5.02 Å². The second-order valence-corrected chi connectivity index (χ2v) is 8.38. The van der Waals surface area contributed by atoms with Crippen LogP contribution < -0.4 is 0 Å². The fourth-order valence-corrected chi connectivity index (χ4v) is 3.46. The molecule has 26 heavy (non-hydrogen) atoms. The van der Waals surface area contributed by atoms with Crippen LogP contribution in [-0.2, 0) is 34.7 Å². The van der Waals surface area contributed by atoms with Crippen LogP contribution in [0.1, 0.15) is 26.3 Å². The molecule has 0 saturated carbocycles. The summed E-state index contributed by atoms with van der Waals surface area (Å²) in [7, 11) is -2.67. The molecule has 0 spiro atoms. The summed E-state index contributed by atoms with van der Waals surface area (Å²) in [5, 5.41) is 0.0340. The molecule has 0 fully saturated rings. The van der Waals surface area contributed by atoms with E-state index in [-0.39, 0.29) is 16.3 Å². The molecule has 1 aromatic carbocycles. The second kappa shape index (κ2) is 6.88. The number of carbonyl (C=O) groups excluding carboxylic acids is 2. The van der Waals surface area contributed by atoms with Gasteiger partial charge in [-0.05, 0) is 32.0 Å². The fourth-order valence-electron chi connectivity index (χ4n) is 2.40. The number of carbonyl (C=O) groups is 2. The molecule has 1 aromatic rings. The monoisotopic (exact) mass is 405 g/mol. The molecule has 0 N–H and O–H groups in total. The number of hydrogen-bond acceptors (Lipinski definition) is 6. The lowest BCUT2D eigenvalue weighted by Gasteiger charge is -2.27. The fraction of sp³-hybridized carbons (Fsp3) is 0.375. The highest BCUT2D eigenvalue weighted by molar-refractivity contribution is 7.89. The summed E-state index contributed by atoms with van der Waals surface area (Å²) >= 11 is 6.07. The van der Waals surface area contributed by atoms with Gasteiger partial charge in [0.05, 0.1) is 5.75 Å². The van der Waals surface area contributed by atoms with E-state index in [1.54, 1.807) is 0 Å². The van der Waals surface area contributed by atoms with Gasteiger partial charge in [0.15, 0.2) is 0 Å². The van der Waals surface area contributed by atoms with Crippen molar-refractivity contribution in [2.45, 2.75) is 26.4 Å². The number of halogens is 2. The number of hydrogen-bond donors (Lipinski definition) is 0. The molecule has 0 radical (unpaired) electrons. The third kappa shape index (κ3) is 3.41. The molecule has 1 unspecified atom stereocenters. The third-order valence-electron chi connectivity index (χ3n) is 3.89. The Kier molecular flexibility index (Phi) is 5.34. The van der Waals surface area contributed by atoms with E-state index in [0.717, 1.165) is 26.1 Å². The van der Waals surface area contributed by atoms with E-state index in [2.05, 4.69) is 0 Å². The molecule has 0 saturated heterocycles. The summed E-state index contributed by atoms with van der Waals surface area (Å²) in [6, 6.07) is 3.34. The maximum atomic E-state index is 13.7. The number of ether oxygens (including phenoxy) is 2. The van der Waals surface area contributed by atoms with Crippen molar-refractivity contribution < 1.29 is 31.9 Å². The van der Waals surface area contributed by atoms with Crippen molar-refractivity contribution in [2.24, 2.45) is 0 Å². The molecule has 1 atom stereocenters. The zero-order chi connectivity index (χ0) is 19.9. The van der Waals surface area contributed by atoms with Crippen molar-refractivity contribution in [3.8, 4) is 0 Å². The molecule has 0 aliphatic carbocycles. The lowest BCUT2D eigenvalue weighted by Crippen LogP contribution is -2.33. The molecule has 1 aliphatic heterocycles. The van der Waals surface area contributed by atoms with E-state index in [4.69, 9.17) is 21.1 Å². The molecule has 0 amide bonds. The second-order valence-electron chi connectivity index (χ2n) is 5.68. The topological polar surface area (TPSA) is 90.0 Å². The van der Waals surface area contributed by atoms with Crippen LogP contribution in [-0.4, -0.2) is 37.3 Å². The molecular weight excluding hydrogens is 389 g/mol. The van der Waals surface area contributed by atoms with Gasteiger partial charge in [-0.1, -0.05) is 11.6 Å². The first-order valence-corrected chi connectivity index (χ1v) is 9.51. The minimum absolute atomic E-state index is 0.0221. The lowest BCUT2D eigenvalue weighted by molar-refractivity contribution is -0.142. The number of ketones is 1. The van der Waals surface area contributed by atoms with Crippen LogP contribution in [0.3, 0.4) is 0 Å². The normalized spacial score (nSPS) is 20.2. The highest BCUT2D eigenvalue weighted by Crippen LogP contribution is 2.43. The highest BCUT2D eigenvalue weighted by atomic mass is 35.5. The number of Topliss-reactive ketones (excluding diaryl/α,β-unsaturated/α-hetero) is 1. The Hall–Kier alpha value is -2.13. The Labute approximate surface area is 155 Å². The minimum atomic E-state index is -3.82. The Morgan fingerprint density at radius 3 is 2.58 bits per heavy atom. The van der Waals surface area contributed by atoms with Crippen LogP contribution in [0.15, 0.2) is 29.8 Å². The van der Waals surface area contributed by atoms with Crippen LogP contribution in [0.4, 0.5) is 4.39 Å². The van der Waals surface area contributed by atoms with Crippen molar-refractivity contribution >= 4 is 33.4 Å². The molecule has 7 nitrogen and oxygen atoms in total. The van der Waals surface area contributed by atoms with E-state index in [9.17, 15) is 22.4 Å². The lowest BCUT2D eigenvalue weighted by atomic mass is 9.91. The maximum Gasteiger partial charge on any atom is 0.308 e. The Morgan fingerprint density at radius 2 is 2.04 bits per heavy atom. The Morgan fingerprint density at radius 1 is 1.42 bits per heavy atom. The summed E-state index contributed by atoms with van der Waals surface area (Å²) in [6.45, 7) is 3.74. The van der Waals surface area contributed by atoms with E-state index < -0.39 is 44.8 Å². The highest BCUT2D eigenvalue weighted by Gasteiger charge is 2.52. The smallest absolute Gasteiger partial charge is 0.308 e. The summed E-state index contributed by atoms with van der Waals surface area (Å²) in [5.41, 5.74) is -1.89. The van der Waals surface area contributed by atoms with Gasteiger partial charge < -0.3 is 9.47 Å². The Balaban J connectivity index is 2.62. The van der Waals surface area contributed by atoms with Crippen molar-refractivity contribution in [2.75, 3.05) is 12.8 Å². The van der Waals surface area contributed by atoms with Gasteiger partial charge in [0.25, 0.3) is 11.7 Å². The van der Waals surface area contributed by atoms with Crippen LogP contribution >= 0.6 is 11.6 Å². The summed E-state index contributed by atoms with van der Waals surface area (Å²) < 4.78 is 49.2. The molecule has 10 heteroatoms. The molecule has 0 bridgehead atoms. The average Bonchev–Trinajstić information content (AvgIpc) is 2.81. The van der Waals surface area contributed by atoms with E-state index in [0.29, 0.717) is 4.31 Å².